The monoisotopic (exact) mass is 310 g/mol. The van der Waals surface area contributed by atoms with Gasteiger partial charge in [0.15, 0.2) is 0 Å². The second kappa shape index (κ2) is 6.42. The molecule has 2 rings (SSSR count). The van der Waals surface area contributed by atoms with Gasteiger partial charge in [0.05, 0.1) is 11.1 Å². The van der Waals surface area contributed by atoms with Crippen LogP contribution in [0.2, 0.25) is 0 Å². The van der Waals surface area contributed by atoms with Crippen LogP contribution in [-0.4, -0.2) is 28.2 Å². The Labute approximate surface area is 128 Å². The topological polar surface area (TPSA) is 42.0 Å². The highest BCUT2D eigenvalue weighted by Gasteiger charge is 2.28. The van der Waals surface area contributed by atoms with Gasteiger partial charge in [-0.25, -0.2) is 0 Å². The lowest BCUT2D eigenvalue weighted by Gasteiger charge is -2.29. The van der Waals surface area contributed by atoms with E-state index in [0.717, 1.165) is 10.9 Å². The zero-order chi connectivity index (χ0) is 14.6. The largest absolute Gasteiger partial charge is 0.344 e. The molecule has 0 aliphatic rings. The van der Waals surface area contributed by atoms with Crippen molar-refractivity contribution in [3.05, 3.63) is 42.1 Å². The van der Waals surface area contributed by atoms with Gasteiger partial charge in [-0.15, -0.1) is 23.2 Å². The lowest BCUT2D eigenvalue weighted by atomic mass is 10.0. The van der Waals surface area contributed by atoms with E-state index < -0.39 is 5.54 Å². The summed E-state index contributed by atoms with van der Waals surface area (Å²) in [6.07, 6.45) is 2.41. The van der Waals surface area contributed by atoms with Crippen LogP contribution in [0.25, 0.3) is 10.9 Å². The summed E-state index contributed by atoms with van der Waals surface area (Å²) in [5, 5.41) is 3.87. The number of halogens is 2. The average Bonchev–Trinajstić information content (AvgIpc) is 2.52. The smallest absolute Gasteiger partial charge is 0.251 e. The first-order chi connectivity index (χ1) is 9.64. The highest BCUT2D eigenvalue weighted by atomic mass is 35.5. The van der Waals surface area contributed by atoms with Crippen LogP contribution in [0, 0.1) is 0 Å². The minimum Gasteiger partial charge on any atom is -0.344 e. The van der Waals surface area contributed by atoms with Crippen molar-refractivity contribution in [2.24, 2.45) is 0 Å². The van der Waals surface area contributed by atoms with Crippen LogP contribution in [-0.2, 0) is 0 Å². The van der Waals surface area contributed by atoms with Crippen molar-refractivity contribution in [3.8, 4) is 0 Å². The fraction of sp³-hybridized carbons (Fsp3) is 0.333. The molecule has 5 heteroatoms. The predicted molar refractivity (Wildman–Crippen MR) is 83.7 cm³/mol. The molecule has 0 aliphatic carbocycles. The van der Waals surface area contributed by atoms with Gasteiger partial charge in [-0.2, -0.15) is 0 Å². The Morgan fingerprint density at radius 3 is 2.70 bits per heavy atom. The van der Waals surface area contributed by atoms with Crippen molar-refractivity contribution in [1.29, 1.82) is 0 Å². The van der Waals surface area contributed by atoms with E-state index in [1.165, 1.54) is 0 Å². The van der Waals surface area contributed by atoms with Crippen LogP contribution in [0.1, 0.15) is 23.7 Å². The van der Waals surface area contributed by atoms with Gasteiger partial charge in [-0.3, -0.25) is 9.78 Å². The van der Waals surface area contributed by atoms with Crippen molar-refractivity contribution in [2.45, 2.75) is 18.9 Å². The third-order valence-corrected chi connectivity index (χ3v) is 4.46. The number of hydrogen-bond donors (Lipinski definition) is 1. The van der Waals surface area contributed by atoms with E-state index in [1.807, 2.05) is 31.2 Å². The molecule has 1 heterocycles. The third kappa shape index (κ3) is 3.05. The fourth-order valence-electron chi connectivity index (χ4n) is 1.91. The molecule has 0 atom stereocenters. The normalized spacial score (nSPS) is 11.6. The molecule has 0 saturated heterocycles. The Bertz CT molecular complexity index is 603. The quantitative estimate of drug-likeness (QED) is 0.857. The maximum atomic E-state index is 12.3. The fourth-order valence-corrected chi connectivity index (χ4v) is 2.71. The van der Waals surface area contributed by atoms with E-state index in [-0.39, 0.29) is 17.7 Å². The van der Waals surface area contributed by atoms with Crippen molar-refractivity contribution in [3.63, 3.8) is 0 Å². The van der Waals surface area contributed by atoms with Gasteiger partial charge in [0.2, 0.25) is 0 Å². The summed E-state index contributed by atoms with van der Waals surface area (Å²) in [4.78, 5) is 16.6. The van der Waals surface area contributed by atoms with E-state index in [4.69, 9.17) is 23.2 Å². The number of benzene rings is 1. The average molecular weight is 311 g/mol. The van der Waals surface area contributed by atoms with Gasteiger partial charge in [0, 0.05) is 28.9 Å². The van der Waals surface area contributed by atoms with Gasteiger partial charge in [-0.1, -0.05) is 13.0 Å². The van der Waals surface area contributed by atoms with Gasteiger partial charge in [0.1, 0.15) is 0 Å². The van der Waals surface area contributed by atoms with Crippen LogP contribution in [0.5, 0.6) is 0 Å². The van der Waals surface area contributed by atoms with E-state index in [9.17, 15) is 4.79 Å². The lowest BCUT2D eigenvalue weighted by Crippen LogP contribution is -2.51. The number of alkyl halides is 2. The van der Waals surface area contributed by atoms with Gasteiger partial charge < -0.3 is 5.32 Å². The number of pyridine rings is 1. The van der Waals surface area contributed by atoms with Crippen LogP contribution in [0.3, 0.4) is 0 Å². The molecule has 0 saturated carbocycles. The molecule has 0 fully saturated rings. The number of aromatic nitrogens is 1. The second-order valence-electron chi connectivity index (χ2n) is 4.77. The molecule has 0 aliphatic heterocycles. The molecule has 0 unspecified atom stereocenters. The molecule has 1 aromatic heterocycles. The minimum atomic E-state index is -0.565. The first-order valence-corrected chi connectivity index (χ1v) is 7.50. The number of carbonyl (C=O) groups excluding carboxylic acids is 1. The number of carbonyl (C=O) groups is 1. The highest BCUT2D eigenvalue weighted by Crippen LogP contribution is 2.18. The maximum absolute atomic E-state index is 12.3. The van der Waals surface area contributed by atoms with Crippen molar-refractivity contribution in [1.82, 2.24) is 10.3 Å². The summed E-state index contributed by atoms with van der Waals surface area (Å²) in [7, 11) is 0. The maximum Gasteiger partial charge on any atom is 0.251 e. The van der Waals surface area contributed by atoms with Gasteiger partial charge >= 0.3 is 0 Å². The molecule has 1 aromatic carbocycles. The highest BCUT2D eigenvalue weighted by molar-refractivity contribution is 6.22. The van der Waals surface area contributed by atoms with Crippen LogP contribution < -0.4 is 5.32 Å². The summed E-state index contributed by atoms with van der Waals surface area (Å²) in [6.45, 7) is 1.95. The van der Waals surface area contributed by atoms with Crippen LogP contribution >= 0.6 is 23.2 Å². The summed E-state index contributed by atoms with van der Waals surface area (Å²) in [6, 6.07) is 9.18. The second-order valence-corrected chi connectivity index (χ2v) is 5.30. The zero-order valence-corrected chi connectivity index (χ0v) is 12.7. The van der Waals surface area contributed by atoms with Crippen molar-refractivity contribution in [2.75, 3.05) is 11.8 Å². The van der Waals surface area contributed by atoms with E-state index >= 15 is 0 Å². The molecule has 1 amide bonds. The van der Waals surface area contributed by atoms with Gasteiger partial charge in [-0.05, 0) is 30.7 Å². The molecule has 3 nitrogen and oxygen atoms in total. The van der Waals surface area contributed by atoms with Crippen molar-refractivity contribution < 1.29 is 4.79 Å². The number of hydrogen-bond acceptors (Lipinski definition) is 2. The Balaban J connectivity index is 2.27. The molecule has 1 N–H and O–H groups in total. The molecule has 2 aromatic rings. The van der Waals surface area contributed by atoms with E-state index in [2.05, 4.69) is 10.3 Å². The van der Waals surface area contributed by atoms with Crippen LogP contribution in [0.4, 0.5) is 0 Å². The molecular weight excluding hydrogens is 295 g/mol. The number of fused-ring (bicyclic) bond motifs is 1. The van der Waals surface area contributed by atoms with Gasteiger partial charge in [0.25, 0.3) is 5.91 Å². The summed E-state index contributed by atoms with van der Waals surface area (Å²) >= 11 is 11.9. The zero-order valence-electron chi connectivity index (χ0n) is 11.2. The number of nitrogens with zero attached hydrogens (tertiary/aromatic N) is 1. The molecule has 106 valence electrons. The Morgan fingerprint density at radius 2 is 2.05 bits per heavy atom. The minimum absolute atomic E-state index is 0.168. The third-order valence-electron chi connectivity index (χ3n) is 3.43. The van der Waals surface area contributed by atoms with E-state index in [1.54, 1.807) is 12.3 Å². The standard InChI is InChI=1S/C15H16Cl2N2O/c1-2-15(9-16,10-17)19-14(20)12-5-6-13-11(8-12)4-3-7-18-13/h3-8H,2,9-10H2,1H3,(H,19,20). The number of amides is 1. The molecular formula is C15H16Cl2N2O. The molecule has 0 spiro atoms. The molecule has 0 bridgehead atoms. The first-order valence-electron chi connectivity index (χ1n) is 6.43. The predicted octanol–water partition coefficient (Wildman–Crippen LogP) is 3.59. The Hall–Kier alpha value is -1.32. The van der Waals surface area contributed by atoms with Crippen LogP contribution in [0.15, 0.2) is 36.5 Å². The number of nitrogens with one attached hydrogen (secondary N) is 1. The Kier molecular flexibility index (Phi) is 4.84. The Morgan fingerprint density at radius 1 is 1.30 bits per heavy atom. The summed E-state index contributed by atoms with van der Waals surface area (Å²) < 4.78 is 0. The molecule has 0 radical (unpaired) electrons. The lowest BCUT2D eigenvalue weighted by molar-refractivity contribution is 0.0913. The summed E-state index contributed by atoms with van der Waals surface area (Å²) in [5.41, 5.74) is 0.878. The van der Waals surface area contributed by atoms with E-state index in [0.29, 0.717) is 12.0 Å². The molecule has 20 heavy (non-hydrogen) atoms. The SMILES string of the molecule is CCC(CCl)(CCl)NC(=O)c1ccc2ncccc2c1. The summed E-state index contributed by atoms with van der Waals surface area (Å²) in [5.74, 6) is 0.404. The number of rotatable bonds is 5. The van der Waals surface area contributed by atoms with Crippen molar-refractivity contribution >= 4 is 40.0 Å². The first kappa shape index (κ1) is 15.1.